The molecule has 3 aliphatic rings. The molecule has 2 aliphatic carbocycles. The van der Waals surface area contributed by atoms with E-state index in [0.29, 0.717) is 17.1 Å². The number of hydrogen-bond donors (Lipinski definition) is 0. The average Bonchev–Trinajstić information content (AvgIpc) is 3.44. The number of esters is 1. The smallest absolute Gasteiger partial charge is 0.343 e. The van der Waals surface area contributed by atoms with Crippen molar-refractivity contribution in [2.24, 2.45) is 28.8 Å². The van der Waals surface area contributed by atoms with Crippen molar-refractivity contribution < 1.29 is 33.3 Å². The van der Waals surface area contributed by atoms with Crippen molar-refractivity contribution in [2.45, 2.75) is 6.42 Å². The van der Waals surface area contributed by atoms with Gasteiger partial charge in [-0.25, -0.2) is 4.79 Å². The third-order valence-corrected chi connectivity index (χ3v) is 5.81. The minimum absolute atomic E-state index is 0.128. The van der Waals surface area contributed by atoms with Gasteiger partial charge in [0.25, 0.3) is 11.8 Å². The zero-order valence-electron chi connectivity index (χ0n) is 16.9. The number of fused-ring (bicyclic) bond motifs is 5. The van der Waals surface area contributed by atoms with Crippen LogP contribution in [0.1, 0.15) is 12.0 Å². The number of benzene rings is 1. The van der Waals surface area contributed by atoms with Crippen molar-refractivity contribution in [3.8, 4) is 17.2 Å². The number of carbonyl (C=O) groups excluding carboxylic acids is 3. The second-order valence-corrected chi connectivity index (χ2v) is 7.35. The highest BCUT2D eigenvalue weighted by molar-refractivity contribution is 6.06. The molecule has 2 amide bonds. The van der Waals surface area contributed by atoms with E-state index in [4.69, 9.17) is 14.2 Å². The summed E-state index contributed by atoms with van der Waals surface area (Å²) in [6.07, 6.45) is 6.34. The van der Waals surface area contributed by atoms with Crippen molar-refractivity contribution in [1.82, 2.24) is 5.01 Å². The molecule has 1 aromatic carbocycles. The van der Waals surface area contributed by atoms with Gasteiger partial charge in [0.1, 0.15) is 0 Å². The van der Waals surface area contributed by atoms with Gasteiger partial charge in [-0.3, -0.25) is 9.59 Å². The van der Waals surface area contributed by atoms with Crippen molar-refractivity contribution in [3.63, 3.8) is 0 Å². The lowest BCUT2D eigenvalue weighted by molar-refractivity contribution is -0.143. The number of rotatable bonds is 7. The molecule has 0 N–H and O–H groups in total. The normalized spacial score (nSPS) is 26.4. The van der Waals surface area contributed by atoms with Crippen molar-refractivity contribution in [1.29, 1.82) is 0 Å². The van der Waals surface area contributed by atoms with Crippen molar-refractivity contribution in [2.75, 3.05) is 27.9 Å². The van der Waals surface area contributed by atoms with Crippen LogP contribution >= 0.6 is 0 Å². The summed E-state index contributed by atoms with van der Waals surface area (Å²) in [5, 5.41) is 5.13. The summed E-state index contributed by atoms with van der Waals surface area (Å²) in [5.41, 5.74) is 0.535. The van der Waals surface area contributed by atoms with Crippen LogP contribution in [0.4, 0.5) is 0 Å². The van der Waals surface area contributed by atoms with E-state index in [2.05, 4.69) is 9.84 Å². The minimum Gasteiger partial charge on any atom is -0.493 e. The second kappa shape index (κ2) is 7.81. The Morgan fingerprint density at radius 1 is 1.07 bits per heavy atom. The molecule has 2 fully saturated rings. The summed E-state index contributed by atoms with van der Waals surface area (Å²) in [5.74, 6) is -0.574. The van der Waals surface area contributed by atoms with Gasteiger partial charge in [0.2, 0.25) is 5.75 Å². The topological polar surface area (TPSA) is 104 Å². The number of imide groups is 1. The molecule has 0 unspecified atom stereocenters. The fraction of sp³-hybridized carbons (Fsp3) is 0.429. The van der Waals surface area contributed by atoms with E-state index < -0.39 is 5.97 Å². The highest BCUT2D eigenvalue weighted by atomic mass is 16.6. The van der Waals surface area contributed by atoms with E-state index >= 15 is 0 Å². The van der Waals surface area contributed by atoms with Crippen LogP contribution in [0, 0.1) is 23.7 Å². The Kier molecular flexibility index (Phi) is 5.19. The van der Waals surface area contributed by atoms with Gasteiger partial charge in [0.15, 0.2) is 18.1 Å². The molecule has 9 nitrogen and oxygen atoms in total. The van der Waals surface area contributed by atoms with Crippen LogP contribution in [-0.2, 0) is 19.1 Å². The molecule has 1 aliphatic heterocycles. The van der Waals surface area contributed by atoms with Crippen molar-refractivity contribution in [3.05, 3.63) is 29.8 Å². The van der Waals surface area contributed by atoms with Gasteiger partial charge in [-0.2, -0.15) is 10.1 Å². The largest absolute Gasteiger partial charge is 0.493 e. The average molecular weight is 414 g/mol. The van der Waals surface area contributed by atoms with Gasteiger partial charge in [-0.1, -0.05) is 12.2 Å². The van der Waals surface area contributed by atoms with Gasteiger partial charge in [0.05, 0.1) is 39.4 Å². The highest BCUT2D eigenvalue weighted by Gasteiger charge is 2.59. The van der Waals surface area contributed by atoms with Crippen LogP contribution < -0.4 is 14.2 Å². The fourth-order valence-electron chi connectivity index (χ4n) is 4.43. The van der Waals surface area contributed by atoms with Gasteiger partial charge < -0.3 is 18.9 Å². The lowest BCUT2D eigenvalue weighted by Gasteiger charge is -2.15. The lowest BCUT2D eigenvalue weighted by atomic mass is 9.85. The Morgan fingerprint density at radius 2 is 1.63 bits per heavy atom. The summed E-state index contributed by atoms with van der Waals surface area (Å²) < 4.78 is 20.7. The van der Waals surface area contributed by atoms with Gasteiger partial charge in [-0.05, 0) is 30.4 Å². The third-order valence-electron chi connectivity index (χ3n) is 5.81. The van der Waals surface area contributed by atoms with Crippen LogP contribution in [-0.4, -0.2) is 56.9 Å². The molecule has 1 saturated carbocycles. The number of methoxy groups -OCH3 is 3. The zero-order valence-corrected chi connectivity index (χ0v) is 16.9. The van der Waals surface area contributed by atoms with E-state index in [0.717, 1.165) is 11.4 Å². The van der Waals surface area contributed by atoms with E-state index in [1.165, 1.54) is 27.5 Å². The molecule has 1 aromatic rings. The maximum Gasteiger partial charge on any atom is 0.343 e. The molecule has 4 rings (SSSR count). The Morgan fingerprint density at radius 3 is 2.13 bits per heavy atom. The quantitative estimate of drug-likeness (QED) is 0.287. The molecule has 9 heteroatoms. The highest BCUT2D eigenvalue weighted by Crippen LogP contribution is 2.52. The number of carbonyl (C=O) groups is 3. The Hall–Kier alpha value is -3.36. The number of amides is 2. The molecule has 158 valence electrons. The Bertz CT molecular complexity index is 900. The number of hydrazone groups is 1. The van der Waals surface area contributed by atoms with Gasteiger partial charge >= 0.3 is 5.97 Å². The third kappa shape index (κ3) is 3.20. The SMILES string of the molecule is COC(=O)COc1c(OC)cc(C=NN2C(=O)[C@@H]3[C@H](C2=O)[C@H]2C=C[C@H]3C2)cc1OC. The maximum absolute atomic E-state index is 12.7. The summed E-state index contributed by atoms with van der Waals surface area (Å²) in [7, 11) is 4.15. The zero-order chi connectivity index (χ0) is 21.4. The van der Waals surface area contributed by atoms with E-state index in [-0.39, 0.29) is 47.8 Å². The van der Waals surface area contributed by atoms with Crippen LogP contribution in [0.15, 0.2) is 29.4 Å². The first kappa shape index (κ1) is 19.9. The summed E-state index contributed by atoms with van der Waals surface area (Å²) in [6.45, 7) is -0.313. The van der Waals surface area contributed by atoms with Gasteiger partial charge in [-0.15, -0.1) is 0 Å². The Labute approximate surface area is 173 Å². The first-order valence-corrected chi connectivity index (χ1v) is 9.54. The van der Waals surface area contributed by atoms with Crippen LogP contribution in [0.3, 0.4) is 0 Å². The maximum atomic E-state index is 12.7. The molecule has 2 bridgehead atoms. The summed E-state index contributed by atoms with van der Waals surface area (Å²) >= 11 is 0. The van der Waals surface area contributed by atoms with Crippen molar-refractivity contribution >= 4 is 24.0 Å². The first-order valence-electron chi connectivity index (χ1n) is 9.54. The summed E-state index contributed by atoms with van der Waals surface area (Å²) in [4.78, 5) is 36.8. The predicted molar refractivity (Wildman–Crippen MR) is 104 cm³/mol. The van der Waals surface area contributed by atoms with E-state index in [1.807, 2.05) is 12.2 Å². The fourth-order valence-corrected chi connectivity index (χ4v) is 4.43. The molecule has 0 radical (unpaired) electrons. The van der Waals surface area contributed by atoms with Crippen LogP contribution in [0.25, 0.3) is 0 Å². The monoisotopic (exact) mass is 414 g/mol. The number of hydrogen-bond acceptors (Lipinski definition) is 8. The van der Waals surface area contributed by atoms with Crippen LogP contribution in [0.2, 0.25) is 0 Å². The molecule has 30 heavy (non-hydrogen) atoms. The number of allylic oxidation sites excluding steroid dienone is 2. The number of nitrogens with zero attached hydrogens (tertiary/aromatic N) is 2. The standard InChI is InChI=1S/C21H22N2O7/c1-27-14-6-11(7-15(28-2)19(14)30-10-16(24)29-3)9-22-23-20(25)17-12-4-5-13(8-12)18(17)21(23)26/h4-7,9,12-13,17-18H,8,10H2,1-3H3/t12-,13-,17-,18+/m0/s1. The second-order valence-electron chi connectivity index (χ2n) is 7.35. The molecule has 0 aromatic heterocycles. The van der Waals surface area contributed by atoms with Gasteiger partial charge in [0, 0.05) is 5.56 Å². The predicted octanol–water partition coefficient (Wildman–Crippen LogP) is 1.40. The molecule has 4 atom stereocenters. The molecule has 1 heterocycles. The van der Waals surface area contributed by atoms with Crippen LogP contribution in [0.5, 0.6) is 17.2 Å². The number of ether oxygens (including phenoxy) is 4. The molecule has 0 spiro atoms. The minimum atomic E-state index is -0.551. The molecule has 1 saturated heterocycles. The Balaban J connectivity index is 1.56. The molecular weight excluding hydrogens is 392 g/mol. The molecular formula is C21H22N2O7. The first-order chi connectivity index (χ1) is 14.5. The van der Waals surface area contributed by atoms with E-state index in [9.17, 15) is 14.4 Å². The lowest BCUT2D eigenvalue weighted by Crippen LogP contribution is -2.28. The summed E-state index contributed by atoms with van der Waals surface area (Å²) in [6, 6.07) is 3.21. The van der Waals surface area contributed by atoms with E-state index in [1.54, 1.807) is 12.1 Å².